The van der Waals surface area contributed by atoms with Crippen molar-refractivity contribution in [1.82, 2.24) is 9.78 Å². The van der Waals surface area contributed by atoms with Crippen molar-refractivity contribution in [3.05, 3.63) is 36.2 Å². The summed E-state index contributed by atoms with van der Waals surface area (Å²) in [6, 6.07) is 7.47. The van der Waals surface area contributed by atoms with Crippen molar-refractivity contribution in [3.63, 3.8) is 0 Å². The van der Waals surface area contributed by atoms with Gasteiger partial charge in [-0.2, -0.15) is 5.10 Å². The number of nitrogens with two attached hydrogens (primary N) is 2. The molecule has 0 amide bonds. The fraction of sp³-hybridized carbons (Fsp3) is 0.182. The van der Waals surface area contributed by atoms with E-state index < -0.39 is 0 Å². The molecule has 0 aliphatic heterocycles. The van der Waals surface area contributed by atoms with Crippen LogP contribution in [-0.2, 0) is 13.6 Å². The van der Waals surface area contributed by atoms with Gasteiger partial charge in [0.25, 0.3) is 0 Å². The van der Waals surface area contributed by atoms with Crippen LogP contribution < -0.4 is 16.8 Å². The van der Waals surface area contributed by atoms with Gasteiger partial charge in [-0.1, -0.05) is 0 Å². The molecule has 0 spiro atoms. The fourth-order valence-corrected chi connectivity index (χ4v) is 1.43. The van der Waals surface area contributed by atoms with Gasteiger partial charge in [0.1, 0.15) is 0 Å². The molecular weight excluding hydrogens is 202 g/mol. The molecule has 16 heavy (non-hydrogen) atoms. The monoisotopic (exact) mass is 217 g/mol. The second kappa shape index (κ2) is 4.14. The summed E-state index contributed by atoms with van der Waals surface area (Å²) < 4.78 is 1.77. The summed E-state index contributed by atoms with van der Waals surface area (Å²) in [5, 5.41) is 7.49. The molecular formula is C11H15N5. The molecule has 1 aromatic heterocycles. The summed E-state index contributed by atoms with van der Waals surface area (Å²) in [5.41, 5.74) is 14.5. The van der Waals surface area contributed by atoms with E-state index in [-0.39, 0.29) is 0 Å². The molecule has 2 rings (SSSR count). The first-order chi connectivity index (χ1) is 7.65. The number of nitrogen functional groups attached to an aromatic ring is 2. The van der Waals surface area contributed by atoms with E-state index in [0.29, 0.717) is 17.9 Å². The van der Waals surface area contributed by atoms with Gasteiger partial charge in [-0.05, 0) is 24.3 Å². The first kappa shape index (κ1) is 10.4. The maximum Gasteiger partial charge on any atom is 0.0815 e. The second-order valence-corrected chi connectivity index (χ2v) is 3.68. The van der Waals surface area contributed by atoms with Crippen molar-refractivity contribution in [2.75, 3.05) is 16.8 Å². The zero-order valence-corrected chi connectivity index (χ0v) is 9.14. The molecule has 5 heteroatoms. The smallest absolute Gasteiger partial charge is 0.0815 e. The molecule has 5 N–H and O–H groups in total. The minimum absolute atomic E-state index is 0.589. The SMILES string of the molecule is Cn1ccc(CNc2ccc(N)c(N)c2)n1. The zero-order chi connectivity index (χ0) is 11.5. The predicted molar refractivity (Wildman–Crippen MR) is 65.8 cm³/mol. The molecule has 1 heterocycles. The maximum absolute atomic E-state index is 5.71. The highest BCUT2D eigenvalue weighted by Crippen LogP contribution is 2.19. The van der Waals surface area contributed by atoms with E-state index in [2.05, 4.69) is 10.4 Å². The lowest BCUT2D eigenvalue weighted by molar-refractivity contribution is 0.747. The molecule has 84 valence electrons. The Balaban J connectivity index is 2.02. The number of benzene rings is 1. The molecule has 0 aliphatic rings. The molecule has 0 bridgehead atoms. The van der Waals surface area contributed by atoms with E-state index in [9.17, 15) is 0 Å². The lowest BCUT2D eigenvalue weighted by atomic mass is 10.2. The highest BCUT2D eigenvalue weighted by atomic mass is 15.3. The van der Waals surface area contributed by atoms with Crippen LogP contribution in [0.25, 0.3) is 0 Å². The van der Waals surface area contributed by atoms with E-state index in [0.717, 1.165) is 11.4 Å². The Hall–Kier alpha value is -2.17. The third kappa shape index (κ3) is 2.25. The largest absolute Gasteiger partial charge is 0.397 e. The molecule has 5 nitrogen and oxygen atoms in total. The summed E-state index contributed by atoms with van der Waals surface area (Å²) in [4.78, 5) is 0. The van der Waals surface area contributed by atoms with Crippen molar-refractivity contribution in [2.24, 2.45) is 7.05 Å². The van der Waals surface area contributed by atoms with Crippen LogP contribution in [0, 0.1) is 0 Å². The Kier molecular flexibility index (Phi) is 2.68. The molecule has 2 aromatic rings. The summed E-state index contributed by atoms with van der Waals surface area (Å²) in [6.07, 6.45) is 1.91. The van der Waals surface area contributed by atoms with E-state index in [1.807, 2.05) is 31.4 Å². The first-order valence-electron chi connectivity index (χ1n) is 5.02. The number of hydrogen-bond acceptors (Lipinski definition) is 4. The Labute approximate surface area is 94.1 Å². The van der Waals surface area contributed by atoms with Crippen LogP contribution in [0.15, 0.2) is 30.5 Å². The van der Waals surface area contributed by atoms with Crippen LogP contribution >= 0.6 is 0 Å². The Bertz CT molecular complexity index is 489. The van der Waals surface area contributed by atoms with Gasteiger partial charge in [-0.15, -0.1) is 0 Å². The summed E-state index contributed by atoms with van der Waals surface area (Å²) in [6.45, 7) is 0.671. The van der Waals surface area contributed by atoms with Crippen LogP contribution in [0.3, 0.4) is 0 Å². The van der Waals surface area contributed by atoms with Gasteiger partial charge in [0.05, 0.1) is 23.6 Å². The van der Waals surface area contributed by atoms with Gasteiger partial charge >= 0.3 is 0 Å². The quantitative estimate of drug-likeness (QED) is 0.675. The Morgan fingerprint density at radius 3 is 2.69 bits per heavy atom. The maximum atomic E-state index is 5.71. The zero-order valence-electron chi connectivity index (χ0n) is 9.14. The number of rotatable bonds is 3. The average Bonchev–Trinajstić information content (AvgIpc) is 2.66. The first-order valence-corrected chi connectivity index (χ1v) is 5.02. The van der Waals surface area contributed by atoms with Gasteiger partial charge < -0.3 is 16.8 Å². The molecule has 0 atom stereocenters. The molecule has 0 radical (unpaired) electrons. The molecule has 0 saturated heterocycles. The van der Waals surface area contributed by atoms with Gasteiger partial charge in [0.15, 0.2) is 0 Å². The van der Waals surface area contributed by atoms with Gasteiger partial charge in [-0.3, -0.25) is 4.68 Å². The van der Waals surface area contributed by atoms with Crippen LogP contribution in [-0.4, -0.2) is 9.78 Å². The van der Waals surface area contributed by atoms with Crippen LogP contribution in [0.4, 0.5) is 17.1 Å². The van der Waals surface area contributed by atoms with Crippen molar-refractivity contribution in [3.8, 4) is 0 Å². The summed E-state index contributed by atoms with van der Waals surface area (Å²) >= 11 is 0. The standard InChI is InChI=1S/C11H15N5/c1-16-5-4-9(15-16)7-14-8-2-3-10(12)11(13)6-8/h2-6,14H,7,12-13H2,1H3. The predicted octanol–water partition coefficient (Wildman–Crippen LogP) is 1.20. The average molecular weight is 217 g/mol. The number of nitrogens with one attached hydrogen (secondary N) is 1. The van der Waals surface area contributed by atoms with E-state index >= 15 is 0 Å². The lowest BCUT2D eigenvalue weighted by Gasteiger charge is -2.06. The van der Waals surface area contributed by atoms with Gasteiger partial charge in [0.2, 0.25) is 0 Å². The van der Waals surface area contributed by atoms with E-state index in [4.69, 9.17) is 11.5 Å². The lowest BCUT2D eigenvalue weighted by Crippen LogP contribution is -2.02. The second-order valence-electron chi connectivity index (χ2n) is 3.68. The molecule has 0 aliphatic carbocycles. The number of nitrogens with zero attached hydrogens (tertiary/aromatic N) is 2. The Morgan fingerprint density at radius 1 is 1.25 bits per heavy atom. The van der Waals surface area contributed by atoms with Crippen molar-refractivity contribution in [1.29, 1.82) is 0 Å². The number of aryl methyl sites for hydroxylation is 1. The normalized spacial score (nSPS) is 10.3. The fourth-order valence-electron chi connectivity index (χ4n) is 1.43. The molecule has 0 fully saturated rings. The van der Waals surface area contributed by atoms with Gasteiger partial charge in [0, 0.05) is 18.9 Å². The van der Waals surface area contributed by atoms with Crippen molar-refractivity contribution < 1.29 is 0 Å². The number of aromatic nitrogens is 2. The van der Waals surface area contributed by atoms with E-state index in [1.54, 1.807) is 10.7 Å². The summed E-state index contributed by atoms with van der Waals surface area (Å²) in [5.74, 6) is 0. The molecule has 0 unspecified atom stereocenters. The highest BCUT2D eigenvalue weighted by Gasteiger charge is 1.99. The van der Waals surface area contributed by atoms with Gasteiger partial charge in [-0.25, -0.2) is 0 Å². The number of hydrogen-bond donors (Lipinski definition) is 3. The van der Waals surface area contributed by atoms with E-state index in [1.165, 1.54) is 0 Å². The topological polar surface area (TPSA) is 81.9 Å². The number of anilines is 3. The third-order valence-corrected chi connectivity index (χ3v) is 2.33. The van der Waals surface area contributed by atoms with Crippen molar-refractivity contribution in [2.45, 2.75) is 6.54 Å². The molecule has 0 saturated carbocycles. The van der Waals surface area contributed by atoms with Crippen LogP contribution in [0.1, 0.15) is 5.69 Å². The minimum Gasteiger partial charge on any atom is -0.397 e. The summed E-state index contributed by atoms with van der Waals surface area (Å²) in [7, 11) is 1.89. The molecule has 1 aromatic carbocycles. The van der Waals surface area contributed by atoms with Crippen LogP contribution in [0.5, 0.6) is 0 Å². The highest BCUT2D eigenvalue weighted by molar-refractivity contribution is 5.69. The minimum atomic E-state index is 0.589. The Morgan fingerprint density at radius 2 is 2.06 bits per heavy atom. The van der Waals surface area contributed by atoms with Crippen LogP contribution in [0.2, 0.25) is 0 Å². The van der Waals surface area contributed by atoms with Crippen molar-refractivity contribution >= 4 is 17.1 Å². The third-order valence-electron chi connectivity index (χ3n) is 2.33.